The third kappa shape index (κ3) is 7.09. The molecule has 10 nitrogen and oxygen atoms in total. The van der Waals surface area contributed by atoms with Crippen LogP contribution in [0.1, 0.15) is 5.56 Å². The van der Waals surface area contributed by atoms with Gasteiger partial charge >= 0.3 is 6.36 Å². The number of carbonyl (C=O) groups is 1. The number of nitrogens with one attached hydrogen (secondary N) is 2. The minimum atomic E-state index is -4.87. The first kappa shape index (κ1) is 31.1. The number of alkyl halides is 3. The van der Waals surface area contributed by atoms with Crippen molar-refractivity contribution in [2.24, 2.45) is 0 Å². The van der Waals surface area contributed by atoms with Gasteiger partial charge in [-0.15, -0.1) is 24.5 Å². The number of hydrogen-bond donors (Lipinski definition) is 2. The summed E-state index contributed by atoms with van der Waals surface area (Å²) in [4.78, 5) is 30.1. The second-order valence-electron chi connectivity index (χ2n) is 10.9. The summed E-state index contributed by atoms with van der Waals surface area (Å²) >= 11 is 1.47. The monoisotopic (exact) mass is 671 g/mol. The molecule has 0 spiro atoms. The predicted molar refractivity (Wildman–Crippen MR) is 178 cm³/mol. The van der Waals surface area contributed by atoms with Gasteiger partial charge < -0.3 is 25.0 Å². The highest BCUT2D eigenvalue weighted by atomic mass is 32.1. The zero-order valence-corrected chi connectivity index (χ0v) is 26.1. The van der Waals surface area contributed by atoms with E-state index in [-0.39, 0.29) is 12.0 Å². The second kappa shape index (κ2) is 13.3. The van der Waals surface area contributed by atoms with Gasteiger partial charge in [-0.25, -0.2) is 15.0 Å². The Kier molecular flexibility index (Phi) is 8.65. The smallest absolute Gasteiger partial charge is 0.405 e. The summed E-state index contributed by atoms with van der Waals surface area (Å²) in [5, 5.41) is 8.01. The number of carbonyl (C=O) groups excluding carboxylic acids is 1. The van der Waals surface area contributed by atoms with Crippen LogP contribution in [-0.4, -0.2) is 57.9 Å². The summed E-state index contributed by atoms with van der Waals surface area (Å²) < 4.78 is 50.1. The van der Waals surface area contributed by atoms with E-state index in [1.807, 2.05) is 40.2 Å². The Bertz CT molecular complexity index is 2060. The van der Waals surface area contributed by atoms with Gasteiger partial charge in [0.25, 0.3) is 0 Å². The number of nitrogens with zero attached hydrogens (tertiary/aromatic N) is 5. The molecule has 1 saturated heterocycles. The van der Waals surface area contributed by atoms with E-state index in [0.29, 0.717) is 41.8 Å². The molecular weight excluding hydrogens is 643 g/mol. The average Bonchev–Trinajstić information content (AvgIpc) is 3.68. The molecule has 3 aromatic heterocycles. The van der Waals surface area contributed by atoms with E-state index in [1.54, 1.807) is 30.5 Å². The third-order valence-electron chi connectivity index (χ3n) is 7.63. The Balaban J connectivity index is 1.12. The van der Waals surface area contributed by atoms with Crippen LogP contribution in [0.4, 0.5) is 36.2 Å². The number of para-hydroxylation sites is 1. The maximum atomic E-state index is 12.9. The number of halogens is 3. The first-order chi connectivity index (χ1) is 23.3. The number of morpholine rings is 1. The average molecular weight is 672 g/mol. The maximum absolute atomic E-state index is 12.9. The Labute approximate surface area is 276 Å². The van der Waals surface area contributed by atoms with E-state index in [0.717, 1.165) is 35.1 Å². The van der Waals surface area contributed by atoms with Crippen molar-refractivity contribution in [3.63, 3.8) is 0 Å². The van der Waals surface area contributed by atoms with Gasteiger partial charge in [-0.05, 0) is 48.5 Å². The molecule has 0 unspecified atom stereocenters. The van der Waals surface area contributed by atoms with Gasteiger partial charge in [-0.3, -0.25) is 9.20 Å². The molecule has 3 aromatic carbocycles. The quantitative estimate of drug-likeness (QED) is 0.167. The number of hydrogen-bond acceptors (Lipinski definition) is 9. The van der Waals surface area contributed by atoms with Crippen molar-refractivity contribution in [2.75, 3.05) is 41.8 Å². The van der Waals surface area contributed by atoms with Crippen molar-refractivity contribution >= 4 is 45.2 Å². The Hall–Kier alpha value is -5.47. The highest BCUT2D eigenvalue weighted by Crippen LogP contribution is 2.35. The zero-order valence-electron chi connectivity index (χ0n) is 25.3. The van der Waals surface area contributed by atoms with Crippen LogP contribution in [-0.2, 0) is 16.0 Å². The fraction of sp³-hybridized carbons (Fsp3) is 0.176. The number of aromatic nitrogens is 4. The van der Waals surface area contributed by atoms with Crippen molar-refractivity contribution in [1.29, 1.82) is 0 Å². The maximum Gasteiger partial charge on any atom is 0.573 e. The summed E-state index contributed by atoms with van der Waals surface area (Å²) in [7, 11) is 0. The molecule has 7 rings (SSSR count). The summed E-state index contributed by atoms with van der Waals surface area (Å²) in [5.74, 6) is -0.500. The van der Waals surface area contributed by atoms with Crippen LogP contribution in [0.2, 0.25) is 0 Å². The summed E-state index contributed by atoms with van der Waals surface area (Å²) in [6.45, 7) is 3.14. The number of fused-ring (bicyclic) bond motifs is 1. The largest absolute Gasteiger partial charge is 0.573 e. The number of benzene rings is 3. The van der Waals surface area contributed by atoms with E-state index >= 15 is 0 Å². The lowest BCUT2D eigenvalue weighted by Crippen LogP contribution is -2.36. The molecule has 0 saturated carbocycles. The molecule has 48 heavy (non-hydrogen) atoms. The van der Waals surface area contributed by atoms with E-state index in [4.69, 9.17) is 14.7 Å². The van der Waals surface area contributed by atoms with Gasteiger partial charge in [0.1, 0.15) is 11.4 Å². The molecule has 0 aliphatic carbocycles. The molecule has 4 heterocycles. The van der Waals surface area contributed by atoms with Crippen molar-refractivity contribution in [2.45, 2.75) is 12.8 Å². The lowest BCUT2D eigenvalue weighted by Gasteiger charge is -2.28. The molecule has 6 aromatic rings. The van der Waals surface area contributed by atoms with Gasteiger partial charge in [0.15, 0.2) is 4.96 Å². The molecule has 1 aliphatic rings. The van der Waals surface area contributed by atoms with E-state index < -0.39 is 18.0 Å². The topological polar surface area (TPSA) is 106 Å². The van der Waals surface area contributed by atoms with E-state index in [1.165, 1.54) is 29.5 Å². The molecule has 1 fully saturated rings. The van der Waals surface area contributed by atoms with Crippen LogP contribution in [0.15, 0.2) is 96.6 Å². The Morgan fingerprint density at radius 3 is 2.58 bits per heavy atom. The molecule has 1 amide bonds. The van der Waals surface area contributed by atoms with Gasteiger partial charge in [0.2, 0.25) is 11.9 Å². The first-order valence-electron chi connectivity index (χ1n) is 15.0. The van der Waals surface area contributed by atoms with Crippen molar-refractivity contribution in [3.05, 3.63) is 102 Å². The molecule has 2 N–H and O–H groups in total. The van der Waals surface area contributed by atoms with Gasteiger partial charge in [0.05, 0.1) is 31.0 Å². The van der Waals surface area contributed by atoms with Crippen LogP contribution < -0.4 is 20.3 Å². The summed E-state index contributed by atoms with van der Waals surface area (Å²) in [5.41, 5.74) is 5.26. The lowest BCUT2D eigenvalue weighted by atomic mass is 10.1. The van der Waals surface area contributed by atoms with Crippen LogP contribution in [0.25, 0.3) is 27.6 Å². The van der Waals surface area contributed by atoms with Crippen LogP contribution in [0.5, 0.6) is 5.75 Å². The second-order valence-corrected chi connectivity index (χ2v) is 11.7. The highest BCUT2D eigenvalue weighted by molar-refractivity contribution is 7.15. The molecule has 14 heteroatoms. The number of thiazole rings is 1. The SMILES string of the molecule is O=C(Cc1ccccc1OC(F)(F)F)Nc1cccc(-c2nc3sccn3c2-c2ccnc(Nc3ccc(N4CCOCC4)cc3)n2)c1. The summed E-state index contributed by atoms with van der Waals surface area (Å²) in [6, 6.07) is 22.6. The van der Waals surface area contributed by atoms with Crippen LogP contribution in [0.3, 0.4) is 0 Å². The molecule has 0 radical (unpaired) electrons. The van der Waals surface area contributed by atoms with Crippen molar-refractivity contribution in [3.8, 4) is 28.4 Å². The Morgan fingerprint density at radius 1 is 0.958 bits per heavy atom. The third-order valence-corrected chi connectivity index (χ3v) is 8.39. The van der Waals surface area contributed by atoms with Crippen molar-refractivity contribution in [1.82, 2.24) is 19.4 Å². The lowest BCUT2D eigenvalue weighted by molar-refractivity contribution is -0.274. The number of ether oxygens (including phenoxy) is 2. The van der Waals surface area contributed by atoms with Gasteiger partial charge in [-0.2, -0.15) is 0 Å². The minimum Gasteiger partial charge on any atom is -0.405 e. The molecule has 0 bridgehead atoms. The van der Waals surface area contributed by atoms with Crippen molar-refractivity contribution < 1.29 is 27.4 Å². The predicted octanol–water partition coefficient (Wildman–Crippen LogP) is 7.18. The molecule has 1 aliphatic heterocycles. The van der Waals surface area contributed by atoms with E-state index in [2.05, 4.69) is 37.4 Å². The molecular formula is C34H28F3N7O3S. The standard InChI is InChI=1S/C34H28F3N7O3S/c35-34(36,37)47-28-7-2-1-4-22(28)21-29(45)39-25-6-3-5-23(20-25)30-31(44-16-19-48-33(44)42-30)27-12-13-38-32(41-27)40-24-8-10-26(11-9-24)43-14-17-46-18-15-43/h1-13,16,19-20H,14-15,17-18,21H2,(H,39,45)(H,38,40,41). The first-order valence-corrected chi connectivity index (χ1v) is 15.9. The van der Waals surface area contributed by atoms with Crippen LogP contribution >= 0.6 is 11.3 Å². The molecule has 244 valence electrons. The minimum absolute atomic E-state index is 0.112. The highest BCUT2D eigenvalue weighted by Gasteiger charge is 2.32. The Morgan fingerprint density at radius 2 is 1.77 bits per heavy atom. The fourth-order valence-corrected chi connectivity index (χ4v) is 6.20. The fourth-order valence-electron chi connectivity index (χ4n) is 5.49. The zero-order chi connectivity index (χ0) is 33.1. The van der Waals surface area contributed by atoms with Gasteiger partial charge in [0, 0.05) is 59.1 Å². The van der Waals surface area contributed by atoms with Gasteiger partial charge in [-0.1, -0.05) is 30.3 Å². The van der Waals surface area contributed by atoms with Crippen LogP contribution in [0, 0.1) is 0 Å². The number of anilines is 4. The number of rotatable bonds is 9. The molecule has 0 atom stereocenters. The number of imidazole rings is 1. The van der Waals surface area contributed by atoms with E-state index in [9.17, 15) is 18.0 Å². The summed E-state index contributed by atoms with van der Waals surface area (Å²) in [6.07, 6.45) is -1.59. The normalized spacial score (nSPS) is 13.4. The number of amides is 1.